The minimum atomic E-state index is -0.0218. The Balaban J connectivity index is 2.26. The van der Waals surface area contributed by atoms with Gasteiger partial charge in [0.25, 0.3) is 0 Å². The highest BCUT2D eigenvalue weighted by molar-refractivity contribution is 8.45. The highest BCUT2D eigenvalue weighted by Crippen LogP contribution is 2.33. The number of hydrogen-bond acceptors (Lipinski definition) is 6. The average molecular weight is 323 g/mol. The van der Waals surface area contributed by atoms with Crippen LogP contribution in [0.3, 0.4) is 0 Å². The third-order valence-electron chi connectivity index (χ3n) is 2.76. The van der Waals surface area contributed by atoms with Gasteiger partial charge in [-0.3, -0.25) is 4.79 Å². The molecule has 1 aliphatic rings. The van der Waals surface area contributed by atoms with Crippen LogP contribution in [0.15, 0.2) is 28.9 Å². The van der Waals surface area contributed by atoms with E-state index in [2.05, 4.69) is 11.9 Å². The molecule has 0 fully saturated rings. The standard InChI is InChI=1S/C15H17NO3S2/c1-4-7-20-15-16-12(14(17)21-15)8-10-5-6-11(18-2)9-13(10)19-3/h5-6,8-9H,4,7H2,1-3H3. The second-order valence-electron chi connectivity index (χ2n) is 4.25. The minimum absolute atomic E-state index is 0.0218. The first-order valence-electron chi connectivity index (χ1n) is 6.55. The van der Waals surface area contributed by atoms with Gasteiger partial charge in [0.15, 0.2) is 0 Å². The fraction of sp³-hybridized carbons (Fsp3) is 0.333. The van der Waals surface area contributed by atoms with Crippen molar-refractivity contribution in [3.8, 4) is 11.5 Å². The van der Waals surface area contributed by atoms with E-state index in [0.29, 0.717) is 17.2 Å². The maximum Gasteiger partial charge on any atom is 0.244 e. The SMILES string of the molecule is CCCSC1=NC(=Cc2ccc(OC)cc2OC)C(=O)S1. The Kier molecular flexibility index (Phi) is 5.76. The normalized spacial score (nSPS) is 16.2. The Morgan fingerprint density at radius 1 is 1.33 bits per heavy atom. The molecule has 0 spiro atoms. The van der Waals surface area contributed by atoms with Gasteiger partial charge < -0.3 is 9.47 Å². The number of thioether (sulfide) groups is 2. The molecule has 0 aliphatic carbocycles. The van der Waals surface area contributed by atoms with Crippen molar-refractivity contribution in [1.82, 2.24) is 0 Å². The number of ether oxygens (including phenoxy) is 2. The largest absolute Gasteiger partial charge is 0.497 e. The number of hydrogen-bond donors (Lipinski definition) is 0. The zero-order valence-corrected chi connectivity index (χ0v) is 13.8. The van der Waals surface area contributed by atoms with E-state index >= 15 is 0 Å². The van der Waals surface area contributed by atoms with Gasteiger partial charge in [-0.2, -0.15) is 0 Å². The topological polar surface area (TPSA) is 47.9 Å². The van der Waals surface area contributed by atoms with E-state index in [-0.39, 0.29) is 5.12 Å². The van der Waals surface area contributed by atoms with Crippen LogP contribution in [0.1, 0.15) is 18.9 Å². The molecule has 2 rings (SSSR count). The lowest BCUT2D eigenvalue weighted by molar-refractivity contribution is -0.107. The van der Waals surface area contributed by atoms with Crippen LogP contribution in [-0.2, 0) is 4.79 Å². The number of methoxy groups -OCH3 is 2. The van der Waals surface area contributed by atoms with Crippen LogP contribution in [0.2, 0.25) is 0 Å². The van der Waals surface area contributed by atoms with Crippen LogP contribution >= 0.6 is 23.5 Å². The summed E-state index contributed by atoms with van der Waals surface area (Å²) in [7, 11) is 3.19. The molecule has 0 saturated carbocycles. The molecule has 0 saturated heterocycles. The van der Waals surface area contributed by atoms with E-state index in [4.69, 9.17) is 9.47 Å². The fourth-order valence-electron chi connectivity index (χ4n) is 1.73. The molecule has 6 heteroatoms. The highest BCUT2D eigenvalue weighted by Gasteiger charge is 2.22. The van der Waals surface area contributed by atoms with Gasteiger partial charge in [0.1, 0.15) is 21.6 Å². The molecule has 0 unspecified atom stereocenters. The Hall–Kier alpha value is -1.40. The van der Waals surface area contributed by atoms with E-state index < -0.39 is 0 Å². The molecule has 1 aromatic carbocycles. The molecule has 1 aromatic rings. The van der Waals surface area contributed by atoms with Crippen LogP contribution in [0.25, 0.3) is 6.08 Å². The number of rotatable bonds is 5. The van der Waals surface area contributed by atoms with E-state index in [1.165, 1.54) is 11.8 Å². The van der Waals surface area contributed by atoms with Gasteiger partial charge >= 0.3 is 0 Å². The lowest BCUT2D eigenvalue weighted by Crippen LogP contribution is -1.92. The zero-order chi connectivity index (χ0) is 15.2. The van der Waals surface area contributed by atoms with Gasteiger partial charge in [-0.25, -0.2) is 4.99 Å². The van der Waals surface area contributed by atoms with Crippen LogP contribution in [0, 0.1) is 0 Å². The fourth-order valence-corrected chi connectivity index (χ4v) is 3.49. The van der Waals surface area contributed by atoms with Crippen molar-refractivity contribution in [3.05, 3.63) is 29.5 Å². The molecule has 21 heavy (non-hydrogen) atoms. The van der Waals surface area contributed by atoms with E-state index in [1.807, 2.05) is 12.1 Å². The number of carbonyl (C=O) groups is 1. The van der Waals surface area contributed by atoms with E-state index in [0.717, 1.165) is 22.1 Å². The smallest absolute Gasteiger partial charge is 0.244 e. The van der Waals surface area contributed by atoms with Crippen LogP contribution in [-0.4, -0.2) is 29.5 Å². The summed E-state index contributed by atoms with van der Waals surface area (Å²) in [5, 5.41) is -0.0218. The summed E-state index contributed by atoms with van der Waals surface area (Å²) in [5.41, 5.74) is 1.27. The summed E-state index contributed by atoms with van der Waals surface area (Å²) in [6.45, 7) is 2.11. The van der Waals surface area contributed by atoms with Gasteiger partial charge in [-0.05, 0) is 42.1 Å². The van der Waals surface area contributed by atoms with Crippen molar-refractivity contribution in [2.75, 3.05) is 20.0 Å². The number of benzene rings is 1. The summed E-state index contributed by atoms with van der Waals surface area (Å²) in [4.78, 5) is 16.4. The summed E-state index contributed by atoms with van der Waals surface area (Å²) < 4.78 is 11.3. The van der Waals surface area contributed by atoms with E-state index in [9.17, 15) is 4.79 Å². The predicted octanol–water partition coefficient (Wildman–Crippen LogP) is 3.82. The molecule has 0 radical (unpaired) electrons. The van der Waals surface area contributed by atoms with Crippen molar-refractivity contribution in [2.45, 2.75) is 13.3 Å². The molecule has 4 nitrogen and oxygen atoms in total. The molecule has 1 heterocycles. The number of carbonyl (C=O) groups excluding carboxylic acids is 1. The molecule has 0 atom stereocenters. The van der Waals surface area contributed by atoms with Crippen LogP contribution in [0.5, 0.6) is 11.5 Å². The highest BCUT2D eigenvalue weighted by atomic mass is 32.2. The van der Waals surface area contributed by atoms with Crippen molar-refractivity contribution in [2.24, 2.45) is 4.99 Å². The molecule has 112 valence electrons. The maximum atomic E-state index is 12.0. The Labute approximate surface area is 133 Å². The summed E-state index contributed by atoms with van der Waals surface area (Å²) in [5.74, 6) is 2.34. The minimum Gasteiger partial charge on any atom is -0.497 e. The third-order valence-corrected chi connectivity index (χ3v) is 4.98. The Morgan fingerprint density at radius 3 is 2.81 bits per heavy atom. The first kappa shape index (κ1) is 16.0. The lowest BCUT2D eigenvalue weighted by Gasteiger charge is -2.07. The second kappa shape index (κ2) is 7.56. The quantitative estimate of drug-likeness (QED) is 0.771. The second-order valence-corrected chi connectivity index (χ2v) is 6.56. The van der Waals surface area contributed by atoms with Gasteiger partial charge in [-0.15, -0.1) is 0 Å². The first-order valence-corrected chi connectivity index (χ1v) is 8.35. The Morgan fingerprint density at radius 2 is 2.14 bits per heavy atom. The Bertz CT molecular complexity index is 597. The van der Waals surface area contributed by atoms with Crippen LogP contribution < -0.4 is 9.47 Å². The monoisotopic (exact) mass is 323 g/mol. The van der Waals surface area contributed by atoms with Gasteiger partial charge in [0, 0.05) is 11.6 Å². The molecular weight excluding hydrogens is 306 g/mol. The molecule has 0 aromatic heterocycles. The number of nitrogens with zero attached hydrogens (tertiary/aromatic N) is 1. The van der Waals surface area contributed by atoms with Crippen molar-refractivity contribution in [3.63, 3.8) is 0 Å². The summed E-state index contributed by atoms with van der Waals surface area (Å²) >= 11 is 2.81. The lowest BCUT2D eigenvalue weighted by atomic mass is 10.1. The van der Waals surface area contributed by atoms with Crippen molar-refractivity contribution < 1.29 is 14.3 Å². The third kappa shape index (κ3) is 4.04. The average Bonchev–Trinajstić information content (AvgIpc) is 2.85. The zero-order valence-electron chi connectivity index (χ0n) is 12.2. The summed E-state index contributed by atoms with van der Waals surface area (Å²) in [6.07, 6.45) is 2.82. The molecular formula is C15H17NO3S2. The molecule has 0 bridgehead atoms. The molecule has 0 amide bonds. The van der Waals surface area contributed by atoms with E-state index in [1.54, 1.807) is 38.1 Å². The molecule has 1 aliphatic heterocycles. The van der Waals surface area contributed by atoms with Gasteiger partial charge in [0.05, 0.1) is 14.2 Å². The van der Waals surface area contributed by atoms with Crippen molar-refractivity contribution >= 4 is 39.1 Å². The summed E-state index contributed by atoms with van der Waals surface area (Å²) in [6, 6.07) is 5.47. The van der Waals surface area contributed by atoms with Crippen molar-refractivity contribution in [1.29, 1.82) is 0 Å². The van der Waals surface area contributed by atoms with Crippen LogP contribution in [0.4, 0.5) is 0 Å². The van der Waals surface area contributed by atoms with Gasteiger partial charge in [0.2, 0.25) is 5.12 Å². The maximum absolute atomic E-state index is 12.0. The number of aliphatic imine (C=N–C) groups is 1. The van der Waals surface area contributed by atoms with Gasteiger partial charge in [-0.1, -0.05) is 18.7 Å². The predicted molar refractivity (Wildman–Crippen MR) is 90.3 cm³/mol. The molecule has 0 N–H and O–H groups in total. The first-order chi connectivity index (χ1) is 10.2.